The summed E-state index contributed by atoms with van der Waals surface area (Å²) in [4.78, 5) is 18.6. The van der Waals surface area contributed by atoms with E-state index in [2.05, 4.69) is 9.97 Å². The van der Waals surface area contributed by atoms with Crippen molar-refractivity contribution in [1.29, 1.82) is 0 Å². The standard InChI is InChI=1S/C30H28FN2O5PS/c1-30(36,20-8-4-6-18(14-20)10-11-26(34)35)25-17-40-29(33-25)19-7-5-9-21(15-19)38-27-23(31)16-24-22(12-13-32-24)28(27)39(2,3)37/h4-9,12-17,32,36H,10-11H2,1-3H3,(H,34,35). The fraction of sp³-hybridized carbons (Fsp3) is 0.200. The lowest BCUT2D eigenvalue weighted by atomic mass is 9.91. The number of halogens is 1. The Hall–Kier alpha value is -3.78. The number of thiazole rings is 1. The summed E-state index contributed by atoms with van der Waals surface area (Å²) in [5.74, 6) is -1.20. The largest absolute Gasteiger partial charge is 0.481 e. The van der Waals surface area contributed by atoms with E-state index < -0.39 is 24.5 Å². The summed E-state index contributed by atoms with van der Waals surface area (Å²) in [6.07, 6.45) is 2.04. The molecule has 0 amide bonds. The summed E-state index contributed by atoms with van der Waals surface area (Å²) >= 11 is 1.34. The molecule has 3 N–H and O–H groups in total. The maximum Gasteiger partial charge on any atom is 0.303 e. The number of carboxylic acid groups (broad SMARTS) is 1. The Kier molecular flexibility index (Phi) is 7.40. The minimum absolute atomic E-state index is 0.00333. The molecule has 2 heterocycles. The van der Waals surface area contributed by atoms with E-state index in [0.29, 0.717) is 50.2 Å². The molecular formula is C30H28FN2O5PS. The van der Waals surface area contributed by atoms with Crippen molar-refractivity contribution in [2.75, 3.05) is 13.3 Å². The SMILES string of the molecule is CC(O)(c1cccc(CCC(=O)O)c1)c1csc(-c2cccc(Oc3c(F)cc4[nH]ccc4c3P(C)(C)=O)c2)n1. The number of nitrogens with one attached hydrogen (secondary N) is 1. The third kappa shape index (κ3) is 5.59. The number of carboxylic acids is 1. The van der Waals surface area contributed by atoms with Gasteiger partial charge in [-0.15, -0.1) is 11.3 Å². The van der Waals surface area contributed by atoms with E-state index in [1.807, 2.05) is 12.1 Å². The van der Waals surface area contributed by atoms with Gasteiger partial charge in [0.05, 0.1) is 11.0 Å². The molecule has 1 atom stereocenters. The number of benzene rings is 3. The molecule has 0 spiro atoms. The van der Waals surface area contributed by atoms with Gasteiger partial charge in [-0.2, -0.15) is 0 Å². The molecule has 2 aromatic heterocycles. The molecule has 40 heavy (non-hydrogen) atoms. The van der Waals surface area contributed by atoms with Crippen molar-refractivity contribution in [3.05, 3.63) is 94.9 Å². The first kappa shape index (κ1) is 27.8. The predicted octanol–water partition coefficient (Wildman–Crippen LogP) is 6.74. The van der Waals surface area contributed by atoms with Gasteiger partial charge in [0.2, 0.25) is 0 Å². The predicted molar refractivity (Wildman–Crippen MR) is 156 cm³/mol. The van der Waals surface area contributed by atoms with Gasteiger partial charge in [0, 0.05) is 40.5 Å². The van der Waals surface area contributed by atoms with Crippen molar-refractivity contribution in [1.82, 2.24) is 9.97 Å². The van der Waals surface area contributed by atoms with Gasteiger partial charge in [-0.05, 0) is 56.0 Å². The second-order valence-corrected chi connectivity index (χ2v) is 14.2. The highest BCUT2D eigenvalue weighted by Gasteiger charge is 2.29. The van der Waals surface area contributed by atoms with Gasteiger partial charge >= 0.3 is 5.97 Å². The topological polar surface area (TPSA) is 113 Å². The van der Waals surface area contributed by atoms with Gasteiger partial charge in [-0.3, -0.25) is 4.79 Å². The maximum atomic E-state index is 15.2. The molecule has 0 saturated heterocycles. The van der Waals surface area contributed by atoms with E-state index in [0.717, 1.165) is 5.56 Å². The van der Waals surface area contributed by atoms with Gasteiger partial charge in [0.25, 0.3) is 0 Å². The summed E-state index contributed by atoms with van der Waals surface area (Å²) < 4.78 is 34.4. The van der Waals surface area contributed by atoms with Crippen LogP contribution in [0.25, 0.3) is 21.5 Å². The number of ether oxygens (including phenoxy) is 1. The summed E-state index contributed by atoms with van der Waals surface area (Å²) in [5.41, 5.74) is 1.71. The number of H-pyrrole nitrogens is 1. The van der Waals surface area contributed by atoms with Crippen molar-refractivity contribution in [2.45, 2.75) is 25.4 Å². The van der Waals surface area contributed by atoms with Crippen molar-refractivity contribution in [3.63, 3.8) is 0 Å². The third-order valence-corrected chi connectivity index (χ3v) is 9.11. The lowest BCUT2D eigenvalue weighted by Crippen LogP contribution is -2.23. The van der Waals surface area contributed by atoms with Gasteiger partial charge in [0.1, 0.15) is 23.5 Å². The molecule has 0 saturated carbocycles. The van der Waals surface area contributed by atoms with Crippen LogP contribution in [-0.2, 0) is 21.4 Å². The normalized spacial score (nSPS) is 13.3. The second-order valence-electron chi connectivity index (χ2n) is 10.2. The highest BCUT2D eigenvalue weighted by molar-refractivity contribution is 7.70. The number of rotatable bonds is 9. The Morgan fingerprint density at radius 3 is 2.67 bits per heavy atom. The van der Waals surface area contributed by atoms with Crippen molar-refractivity contribution in [2.24, 2.45) is 0 Å². The molecular weight excluding hydrogens is 550 g/mol. The fourth-order valence-corrected chi connectivity index (χ4v) is 6.97. The first-order valence-corrected chi connectivity index (χ1v) is 16.0. The summed E-state index contributed by atoms with van der Waals surface area (Å²) in [6.45, 7) is 4.82. The number of aliphatic carboxylic acids is 1. The highest BCUT2D eigenvalue weighted by Crippen LogP contribution is 2.44. The molecule has 0 aliphatic heterocycles. The van der Waals surface area contributed by atoms with Gasteiger partial charge in [0.15, 0.2) is 11.6 Å². The molecule has 5 rings (SSSR count). The monoisotopic (exact) mass is 578 g/mol. The molecule has 10 heteroatoms. The van der Waals surface area contributed by atoms with Crippen LogP contribution in [0.5, 0.6) is 11.5 Å². The van der Waals surface area contributed by atoms with Crippen LogP contribution < -0.4 is 10.0 Å². The first-order chi connectivity index (χ1) is 18.9. The van der Waals surface area contributed by atoms with Crippen molar-refractivity contribution >= 4 is 40.7 Å². The third-order valence-electron chi connectivity index (χ3n) is 6.70. The minimum atomic E-state index is -2.91. The quantitative estimate of drug-likeness (QED) is 0.167. The van der Waals surface area contributed by atoms with Crippen LogP contribution >= 0.6 is 18.5 Å². The number of aliphatic hydroxyl groups is 1. The van der Waals surface area contributed by atoms with Gasteiger partial charge in [-0.25, -0.2) is 9.37 Å². The zero-order chi connectivity index (χ0) is 28.7. The average molecular weight is 579 g/mol. The fourth-order valence-electron chi connectivity index (χ4n) is 4.64. The number of aryl methyl sites for hydroxylation is 1. The Morgan fingerprint density at radius 1 is 1.15 bits per heavy atom. The summed E-state index contributed by atoms with van der Waals surface area (Å²) in [5, 5.41) is 23.8. The van der Waals surface area contributed by atoms with Crippen LogP contribution in [-0.4, -0.2) is 39.5 Å². The van der Waals surface area contributed by atoms with Crippen molar-refractivity contribution in [3.8, 4) is 22.1 Å². The zero-order valence-corrected chi connectivity index (χ0v) is 23.9. The van der Waals surface area contributed by atoms with Gasteiger partial charge in [-0.1, -0.05) is 36.4 Å². The van der Waals surface area contributed by atoms with Crippen molar-refractivity contribution < 1.29 is 28.7 Å². The smallest absolute Gasteiger partial charge is 0.303 e. The molecule has 5 aromatic rings. The number of hydrogen-bond donors (Lipinski definition) is 3. The van der Waals surface area contributed by atoms with Crippen LogP contribution in [0.3, 0.4) is 0 Å². The number of hydrogen-bond acceptors (Lipinski definition) is 6. The lowest BCUT2D eigenvalue weighted by Gasteiger charge is -2.22. The van der Waals surface area contributed by atoms with E-state index in [1.54, 1.807) is 74.3 Å². The van der Waals surface area contributed by atoms with Crippen LogP contribution in [0.1, 0.15) is 30.2 Å². The number of fused-ring (bicyclic) bond motifs is 1. The number of aromatic amines is 1. The van der Waals surface area contributed by atoms with Crippen LogP contribution in [0, 0.1) is 5.82 Å². The van der Waals surface area contributed by atoms with Crippen LogP contribution in [0.2, 0.25) is 0 Å². The summed E-state index contributed by atoms with van der Waals surface area (Å²) in [7, 11) is -2.91. The van der Waals surface area contributed by atoms with Gasteiger partial charge < -0.3 is 24.5 Å². The van der Waals surface area contributed by atoms with E-state index in [-0.39, 0.29) is 12.2 Å². The maximum absolute atomic E-state index is 15.2. The minimum Gasteiger partial charge on any atom is -0.481 e. The molecule has 3 aromatic carbocycles. The van der Waals surface area contributed by atoms with E-state index >= 15 is 4.39 Å². The molecule has 0 aliphatic carbocycles. The molecule has 0 radical (unpaired) electrons. The number of aromatic nitrogens is 2. The molecule has 0 bridgehead atoms. The molecule has 206 valence electrons. The molecule has 0 fully saturated rings. The van der Waals surface area contributed by atoms with E-state index in [4.69, 9.17) is 9.84 Å². The summed E-state index contributed by atoms with van der Waals surface area (Å²) in [6, 6.07) is 17.3. The number of nitrogens with zero attached hydrogens (tertiary/aromatic N) is 1. The Bertz CT molecular complexity index is 1770. The molecule has 0 aliphatic rings. The van der Waals surface area contributed by atoms with Crippen LogP contribution in [0.15, 0.2) is 72.2 Å². The molecule has 1 unspecified atom stereocenters. The molecule has 7 nitrogen and oxygen atoms in total. The van der Waals surface area contributed by atoms with E-state index in [9.17, 15) is 14.5 Å². The Labute approximate surface area is 234 Å². The lowest BCUT2D eigenvalue weighted by molar-refractivity contribution is -0.136. The number of carbonyl (C=O) groups is 1. The van der Waals surface area contributed by atoms with Crippen LogP contribution in [0.4, 0.5) is 4.39 Å². The second kappa shape index (κ2) is 10.7. The Balaban J connectivity index is 1.45. The first-order valence-electron chi connectivity index (χ1n) is 12.6. The Morgan fingerprint density at radius 2 is 1.93 bits per heavy atom. The zero-order valence-electron chi connectivity index (χ0n) is 22.1. The highest BCUT2D eigenvalue weighted by atomic mass is 32.1. The average Bonchev–Trinajstić information content (AvgIpc) is 3.58. The van der Waals surface area contributed by atoms with E-state index in [1.165, 1.54) is 17.4 Å².